The van der Waals surface area contributed by atoms with E-state index >= 15 is 0 Å². The third kappa shape index (κ3) is 3.47. The summed E-state index contributed by atoms with van der Waals surface area (Å²) in [6.07, 6.45) is 0.906. The van der Waals surface area contributed by atoms with E-state index in [-0.39, 0.29) is 30.7 Å². The maximum Gasteiger partial charge on any atom is 0.246 e. The number of amides is 2. The summed E-state index contributed by atoms with van der Waals surface area (Å²) in [6.45, 7) is 6.61. The lowest BCUT2D eigenvalue weighted by Crippen LogP contribution is -2.34. The smallest absolute Gasteiger partial charge is 0.246 e. The Labute approximate surface area is 153 Å². The molecule has 7 nitrogen and oxygen atoms in total. The van der Waals surface area contributed by atoms with Crippen molar-refractivity contribution in [3.8, 4) is 0 Å². The van der Waals surface area contributed by atoms with Crippen LogP contribution in [0.5, 0.6) is 0 Å². The molecule has 0 N–H and O–H groups in total. The highest BCUT2D eigenvalue weighted by atomic mass is 16.5. The third-order valence-electron chi connectivity index (χ3n) is 4.92. The number of benzene rings is 1. The Balaban J connectivity index is 1.69. The number of nitrogens with zero attached hydrogens (tertiary/aromatic N) is 4. The van der Waals surface area contributed by atoms with E-state index < -0.39 is 0 Å². The van der Waals surface area contributed by atoms with Crippen molar-refractivity contribution in [3.63, 3.8) is 0 Å². The molecule has 1 aromatic heterocycles. The Hall–Kier alpha value is -2.70. The Kier molecular flexibility index (Phi) is 5.06. The molecule has 1 aliphatic heterocycles. The van der Waals surface area contributed by atoms with Gasteiger partial charge in [0.1, 0.15) is 0 Å². The van der Waals surface area contributed by atoms with Gasteiger partial charge in [0.2, 0.25) is 17.7 Å². The lowest BCUT2D eigenvalue weighted by molar-refractivity contribution is -0.135. The predicted octanol–water partition coefficient (Wildman–Crippen LogP) is 2.26. The summed E-state index contributed by atoms with van der Waals surface area (Å²) in [7, 11) is 1.70. The molecule has 0 saturated carbocycles. The van der Waals surface area contributed by atoms with Gasteiger partial charge in [-0.1, -0.05) is 24.2 Å². The van der Waals surface area contributed by atoms with Gasteiger partial charge in [-0.15, -0.1) is 0 Å². The van der Waals surface area contributed by atoms with Crippen molar-refractivity contribution in [2.75, 3.05) is 18.5 Å². The van der Waals surface area contributed by atoms with Gasteiger partial charge in [0.25, 0.3) is 0 Å². The van der Waals surface area contributed by atoms with Crippen LogP contribution in [0.1, 0.15) is 36.2 Å². The van der Waals surface area contributed by atoms with Crippen LogP contribution in [0.2, 0.25) is 0 Å². The van der Waals surface area contributed by atoms with Gasteiger partial charge in [-0.05, 0) is 31.0 Å². The summed E-state index contributed by atoms with van der Waals surface area (Å²) in [5.74, 6) is 0.575. The first-order chi connectivity index (χ1) is 12.4. The van der Waals surface area contributed by atoms with E-state index in [4.69, 9.17) is 4.52 Å². The number of hydrogen-bond acceptors (Lipinski definition) is 5. The molecule has 2 heterocycles. The van der Waals surface area contributed by atoms with Crippen molar-refractivity contribution in [2.45, 2.75) is 40.2 Å². The highest BCUT2D eigenvalue weighted by Crippen LogP contribution is 2.30. The second kappa shape index (κ2) is 7.27. The van der Waals surface area contributed by atoms with Crippen LogP contribution in [0.4, 0.5) is 5.69 Å². The molecule has 1 atom stereocenters. The molecule has 2 aromatic rings. The summed E-state index contributed by atoms with van der Waals surface area (Å²) in [4.78, 5) is 32.8. The number of carbonyl (C=O) groups is 2. The Morgan fingerprint density at radius 3 is 2.85 bits per heavy atom. The number of aromatic nitrogens is 2. The molecule has 1 aliphatic rings. The van der Waals surface area contributed by atoms with E-state index in [1.165, 1.54) is 0 Å². The van der Waals surface area contributed by atoms with E-state index in [0.717, 1.165) is 16.8 Å². The molecule has 3 rings (SSSR count). The molecule has 1 fully saturated rings. The Morgan fingerprint density at radius 1 is 1.38 bits per heavy atom. The van der Waals surface area contributed by atoms with Crippen molar-refractivity contribution in [2.24, 2.45) is 5.92 Å². The minimum atomic E-state index is -0.360. The molecule has 1 saturated heterocycles. The number of aryl methyl sites for hydroxylation is 2. The molecule has 138 valence electrons. The van der Waals surface area contributed by atoms with Gasteiger partial charge in [-0.2, -0.15) is 4.98 Å². The first kappa shape index (κ1) is 18.1. The van der Waals surface area contributed by atoms with Gasteiger partial charge in [-0.25, -0.2) is 0 Å². The van der Waals surface area contributed by atoms with Crippen LogP contribution in [0, 0.1) is 19.8 Å². The molecule has 0 bridgehead atoms. The zero-order chi connectivity index (χ0) is 18.8. The average molecular weight is 356 g/mol. The molecular weight excluding hydrogens is 332 g/mol. The predicted molar refractivity (Wildman–Crippen MR) is 96.5 cm³/mol. The van der Waals surface area contributed by atoms with Crippen LogP contribution in [0.25, 0.3) is 0 Å². The van der Waals surface area contributed by atoms with Gasteiger partial charge in [0.05, 0.1) is 12.5 Å². The first-order valence-electron chi connectivity index (χ1n) is 8.83. The molecule has 26 heavy (non-hydrogen) atoms. The van der Waals surface area contributed by atoms with Crippen LogP contribution in [0.3, 0.4) is 0 Å². The van der Waals surface area contributed by atoms with E-state index in [9.17, 15) is 9.59 Å². The van der Waals surface area contributed by atoms with E-state index in [2.05, 4.69) is 10.1 Å². The van der Waals surface area contributed by atoms with Crippen LogP contribution in [0.15, 0.2) is 22.7 Å². The molecule has 1 aromatic carbocycles. The van der Waals surface area contributed by atoms with Gasteiger partial charge in [-0.3, -0.25) is 9.59 Å². The van der Waals surface area contributed by atoms with E-state index in [1.54, 1.807) is 16.8 Å². The normalized spacial score (nSPS) is 17.0. The fraction of sp³-hybridized carbons (Fsp3) is 0.474. The summed E-state index contributed by atoms with van der Waals surface area (Å²) in [6, 6.07) is 5.89. The molecule has 2 amide bonds. The highest BCUT2D eigenvalue weighted by molar-refractivity contribution is 6.00. The van der Waals surface area contributed by atoms with Gasteiger partial charge in [0, 0.05) is 32.1 Å². The monoisotopic (exact) mass is 356 g/mol. The van der Waals surface area contributed by atoms with E-state index in [0.29, 0.717) is 24.7 Å². The van der Waals surface area contributed by atoms with Gasteiger partial charge < -0.3 is 14.3 Å². The second-order valence-electron chi connectivity index (χ2n) is 6.78. The summed E-state index contributed by atoms with van der Waals surface area (Å²) in [5.41, 5.74) is 3.09. The molecule has 0 unspecified atom stereocenters. The minimum absolute atomic E-state index is 0.0171. The number of carbonyl (C=O) groups excluding carboxylic acids is 2. The zero-order valence-electron chi connectivity index (χ0n) is 15.7. The van der Waals surface area contributed by atoms with Crippen LogP contribution >= 0.6 is 0 Å². The maximum absolute atomic E-state index is 12.8. The molecule has 0 spiro atoms. The van der Waals surface area contributed by atoms with Crippen molar-refractivity contribution in [3.05, 3.63) is 41.0 Å². The topological polar surface area (TPSA) is 79.5 Å². The van der Waals surface area contributed by atoms with Gasteiger partial charge in [0.15, 0.2) is 5.82 Å². The molecule has 0 aliphatic carbocycles. The maximum atomic E-state index is 12.8. The highest BCUT2D eigenvalue weighted by Gasteiger charge is 2.37. The Morgan fingerprint density at radius 2 is 2.15 bits per heavy atom. The molecular formula is C19H24N4O3. The fourth-order valence-electron chi connectivity index (χ4n) is 3.22. The van der Waals surface area contributed by atoms with Crippen molar-refractivity contribution >= 4 is 17.5 Å². The summed E-state index contributed by atoms with van der Waals surface area (Å²) >= 11 is 0. The second-order valence-corrected chi connectivity index (χ2v) is 6.78. The van der Waals surface area contributed by atoms with E-state index in [1.807, 2.05) is 39.0 Å². The SMILES string of the molecule is CCc1noc(CN(C)C(=O)[C@@H]2CC(=O)N(c3cccc(C)c3C)C2)n1. The molecule has 0 radical (unpaired) electrons. The van der Waals surface area contributed by atoms with Gasteiger partial charge >= 0.3 is 0 Å². The zero-order valence-corrected chi connectivity index (χ0v) is 15.7. The molecule has 7 heteroatoms. The van der Waals surface area contributed by atoms with Crippen molar-refractivity contribution in [1.29, 1.82) is 0 Å². The Bertz CT molecular complexity index is 830. The quantitative estimate of drug-likeness (QED) is 0.821. The largest absolute Gasteiger partial charge is 0.337 e. The minimum Gasteiger partial charge on any atom is -0.337 e. The van der Waals surface area contributed by atoms with Crippen molar-refractivity contribution < 1.29 is 14.1 Å². The first-order valence-corrected chi connectivity index (χ1v) is 8.83. The van der Waals surface area contributed by atoms with Crippen molar-refractivity contribution in [1.82, 2.24) is 15.0 Å². The summed E-state index contributed by atoms with van der Waals surface area (Å²) in [5, 5.41) is 3.84. The standard InChI is InChI=1S/C19H24N4O3/c1-5-16-20-17(26-21-16)11-22(4)19(25)14-9-18(24)23(10-14)15-8-6-7-12(2)13(15)3/h6-8,14H,5,9-11H2,1-4H3/t14-/m1/s1. The summed E-state index contributed by atoms with van der Waals surface area (Å²) < 4.78 is 5.15. The van der Waals surface area contributed by atoms with Crippen LogP contribution in [-0.4, -0.2) is 40.4 Å². The fourth-order valence-corrected chi connectivity index (χ4v) is 3.22. The van der Waals surface area contributed by atoms with Crippen LogP contribution in [-0.2, 0) is 22.6 Å². The lowest BCUT2D eigenvalue weighted by atomic mass is 10.1. The number of hydrogen-bond donors (Lipinski definition) is 0. The lowest BCUT2D eigenvalue weighted by Gasteiger charge is -2.22. The third-order valence-corrected chi connectivity index (χ3v) is 4.92. The number of anilines is 1. The number of rotatable bonds is 5. The van der Waals surface area contributed by atoms with Crippen LogP contribution < -0.4 is 4.90 Å². The average Bonchev–Trinajstić information content (AvgIpc) is 3.23.